The van der Waals surface area contributed by atoms with Crippen LogP contribution in [0, 0.1) is 0 Å². The molecule has 0 amide bonds. The molecule has 0 bridgehead atoms. The van der Waals surface area contributed by atoms with Crippen LogP contribution in [-0.2, 0) is 19.3 Å². The Balaban J connectivity index is 2.16. The molecule has 0 aliphatic heterocycles. The average Bonchev–Trinajstić information content (AvgIpc) is 3.05. The molecule has 20 heavy (non-hydrogen) atoms. The van der Waals surface area contributed by atoms with Crippen molar-refractivity contribution in [2.24, 2.45) is 5.73 Å². The van der Waals surface area contributed by atoms with Gasteiger partial charge in [0.1, 0.15) is 16.6 Å². The van der Waals surface area contributed by atoms with E-state index in [1.54, 1.807) is 0 Å². The van der Waals surface area contributed by atoms with Gasteiger partial charge in [-0.2, -0.15) is 0 Å². The van der Waals surface area contributed by atoms with Crippen molar-refractivity contribution in [3.63, 3.8) is 0 Å². The van der Waals surface area contributed by atoms with E-state index >= 15 is 0 Å². The third-order valence-electron chi connectivity index (χ3n) is 3.72. The highest BCUT2D eigenvalue weighted by molar-refractivity contribution is 7.80. The molecular formula is C15H18N4S. The van der Waals surface area contributed by atoms with E-state index in [-0.39, 0.29) is 0 Å². The molecule has 2 aromatic heterocycles. The van der Waals surface area contributed by atoms with Gasteiger partial charge in [-0.25, -0.2) is 9.97 Å². The van der Waals surface area contributed by atoms with E-state index in [0.29, 0.717) is 4.99 Å². The van der Waals surface area contributed by atoms with Crippen LogP contribution >= 0.6 is 12.2 Å². The minimum Gasteiger partial charge on any atom is -0.389 e. The van der Waals surface area contributed by atoms with Crippen molar-refractivity contribution in [1.29, 1.82) is 0 Å². The number of thiocarbonyl (C=S) groups is 1. The van der Waals surface area contributed by atoms with Gasteiger partial charge < -0.3 is 5.73 Å². The fraction of sp³-hybridized carbons (Fsp3) is 0.400. The maximum Gasteiger partial charge on any atom is 0.148 e. The Kier molecular flexibility index (Phi) is 3.53. The van der Waals surface area contributed by atoms with Crippen molar-refractivity contribution in [2.75, 3.05) is 0 Å². The summed E-state index contributed by atoms with van der Waals surface area (Å²) < 4.78 is 2.02. The number of hydrogen-bond acceptors (Lipinski definition) is 3. The van der Waals surface area contributed by atoms with Crippen LogP contribution < -0.4 is 5.73 Å². The first-order chi connectivity index (χ1) is 9.70. The minimum atomic E-state index is 0.401. The highest BCUT2D eigenvalue weighted by Gasteiger charge is 2.19. The molecule has 5 heteroatoms. The zero-order valence-corrected chi connectivity index (χ0v) is 12.4. The normalized spacial score (nSPS) is 13.4. The second-order valence-electron chi connectivity index (χ2n) is 5.15. The second-order valence-corrected chi connectivity index (χ2v) is 5.59. The van der Waals surface area contributed by atoms with Crippen molar-refractivity contribution in [1.82, 2.24) is 14.5 Å². The lowest BCUT2D eigenvalue weighted by Gasteiger charge is -2.13. The van der Waals surface area contributed by atoms with Gasteiger partial charge in [0.15, 0.2) is 0 Å². The Labute approximate surface area is 124 Å². The number of nitrogens with two attached hydrogens (primary N) is 1. The van der Waals surface area contributed by atoms with Crippen LogP contribution in [0.15, 0.2) is 18.5 Å². The van der Waals surface area contributed by atoms with Crippen molar-refractivity contribution < 1.29 is 0 Å². The quantitative estimate of drug-likeness (QED) is 0.877. The van der Waals surface area contributed by atoms with Gasteiger partial charge in [-0.05, 0) is 37.3 Å². The maximum absolute atomic E-state index is 5.90. The predicted octanol–water partition coefficient (Wildman–Crippen LogP) is 2.34. The SMILES string of the molecule is CCCc1nccn1-c1nc2c(cc1C(N)=S)CCC2. The van der Waals surface area contributed by atoms with Gasteiger partial charge in [0.25, 0.3) is 0 Å². The van der Waals surface area contributed by atoms with Crippen molar-refractivity contribution in [2.45, 2.75) is 39.0 Å². The minimum absolute atomic E-state index is 0.401. The first-order valence-corrected chi connectivity index (χ1v) is 7.46. The molecule has 104 valence electrons. The van der Waals surface area contributed by atoms with Gasteiger partial charge in [0.2, 0.25) is 0 Å². The van der Waals surface area contributed by atoms with Crippen molar-refractivity contribution in [3.05, 3.63) is 41.1 Å². The van der Waals surface area contributed by atoms with Crippen molar-refractivity contribution in [3.8, 4) is 5.82 Å². The van der Waals surface area contributed by atoms with Crippen LogP contribution in [0.4, 0.5) is 0 Å². The average molecular weight is 286 g/mol. The van der Waals surface area contributed by atoms with Gasteiger partial charge >= 0.3 is 0 Å². The van der Waals surface area contributed by atoms with Gasteiger partial charge in [-0.1, -0.05) is 19.1 Å². The Morgan fingerprint density at radius 1 is 1.45 bits per heavy atom. The lowest BCUT2D eigenvalue weighted by atomic mass is 10.1. The van der Waals surface area contributed by atoms with Crippen LogP contribution in [0.2, 0.25) is 0 Å². The van der Waals surface area contributed by atoms with E-state index in [9.17, 15) is 0 Å². The summed E-state index contributed by atoms with van der Waals surface area (Å²) in [6.45, 7) is 2.14. The monoisotopic (exact) mass is 286 g/mol. The van der Waals surface area contributed by atoms with Crippen LogP contribution in [0.1, 0.15) is 42.4 Å². The summed E-state index contributed by atoms with van der Waals surface area (Å²) in [4.78, 5) is 9.63. The molecule has 0 fully saturated rings. The molecule has 0 spiro atoms. The second kappa shape index (κ2) is 5.32. The summed E-state index contributed by atoms with van der Waals surface area (Å²) in [7, 11) is 0. The van der Waals surface area contributed by atoms with E-state index in [0.717, 1.165) is 49.3 Å². The van der Waals surface area contributed by atoms with E-state index in [1.807, 2.05) is 17.0 Å². The summed E-state index contributed by atoms with van der Waals surface area (Å²) in [5.41, 5.74) is 9.22. The molecule has 0 aromatic carbocycles. The predicted molar refractivity (Wildman–Crippen MR) is 83.3 cm³/mol. The summed E-state index contributed by atoms with van der Waals surface area (Å²) in [6.07, 6.45) is 8.99. The summed E-state index contributed by atoms with van der Waals surface area (Å²) >= 11 is 5.21. The highest BCUT2D eigenvalue weighted by atomic mass is 32.1. The third kappa shape index (κ3) is 2.22. The molecule has 0 atom stereocenters. The first-order valence-electron chi connectivity index (χ1n) is 7.06. The number of aryl methyl sites for hydroxylation is 3. The number of hydrogen-bond donors (Lipinski definition) is 1. The summed E-state index contributed by atoms with van der Waals surface area (Å²) in [6, 6.07) is 2.11. The number of fused-ring (bicyclic) bond motifs is 1. The van der Waals surface area contributed by atoms with Crippen LogP contribution in [0.5, 0.6) is 0 Å². The zero-order valence-electron chi connectivity index (χ0n) is 11.6. The largest absolute Gasteiger partial charge is 0.389 e. The highest BCUT2D eigenvalue weighted by Crippen LogP contribution is 2.25. The Morgan fingerprint density at radius 3 is 3.05 bits per heavy atom. The van der Waals surface area contributed by atoms with Gasteiger partial charge in [0, 0.05) is 24.5 Å². The van der Waals surface area contributed by atoms with E-state index in [2.05, 4.69) is 18.0 Å². The van der Waals surface area contributed by atoms with E-state index in [4.69, 9.17) is 22.9 Å². The number of aromatic nitrogens is 3. The maximum atomic E-state index is 5.90. The number of imidazole rings is 1. The molecule has 4 nitrogen and oxygen atoms in total. The summed E-state index contributed by atoms with van der Waals surface area (Å²) in [5.74, 6) is 1.84. The van der Waals surface area contributed by atoms with E-state index in [1.165, 1.54) is 11.3 Å². The van der Waals surface area contributed by atoms with Gasteiger partial charge in [0.05, 0.1) is 5.56 Å². The van der Waals surface area contributed by atoms with Crippen LogP contribution in [0.25, 0.3) is 5.82 Å². The lowest BCUT2D eigenvalue weighted by Crippen LogP contribution is -2.17. The zero-order chi connectivity index (χ0) is 14.1. The van der Waals surface area contributed by atoms with E-state index < -0.39 is 0 Å². The molecule has 2 N–H and O–H groups in total. The molecule has 0 unspecified atom stereocenters. The third-order valence-corrected chi connectivity index (χ3v) is 3.94. The van der Waals surface area contributed by atoms with Crippen molar-refractivity contribution >= 4 is 17.2 Å². The molecular weight excluding hydrogens is 268 g/mol. The number of rotatable bonds is 4. The van der Waals surface area contributed by atoms with Gasteiger partial charge in [-0.3, -0.25) is 4.57 Å². The fourth-order valence-corrected chi connectivity index (χ4v) is 2.91. The molecule has 2 aromatic rings. The van der Waals surface area contributed by atoms with Crippen LogP contribution in [-0.4, -0.2) is 19.5 Å². The molecule has 0 saturated heterocycles. The summed E-state index contributed by atoms with van der Waals surface area (Å²) in [5, 5.41) is 0. The molecule has 2 heterocycles. The Bertz CT molecular complexity index is 660. The fourth-order valence-electron chi connectivity index (χ4n) is 2.76. The first kappa shape index (κ1) is 13.2. The molecule has 3 rings (SSSR count). The molecule has 0 radical (unpaired) electrons. The topological polar surface area (TPSA) is 56.7 Å². The Morgan fingerprint density at radius 2 is 2.30 bits per heavy atom. The van der Waals surface area contributed by atoms with Crippen LogP contribution in [0.3, 0.4) is 0 Å². The Hall–Kier alpha value is -1.75. The molecule has 1 aliphatic carbocycles. The molecule has 1 aliphatic rings. The van der Waals surface area contributed by atoms with Gasteiger partial charge in [-0.15, -0.1) is 0 Å². The smallest absolute Gasteiger partial charge is 0.148 e. The standard InChI is InChI=1S/C15H18N4S/c1-2-4-13-17-7-8-19(13)15-11(14(16)20)9-10-5-3-6-12(10)18-15/h7-9H,2-6H2,1H3,(H2,16,20). The molecule has 0 saturated carbocycles. The number of nitrogens with zero attached hydrogens (tertiary/aromatic N) is 3. The lowest BCUT2D eigenvalue weighted by molar-refractivity contribution is 0.793. The number of pyridine rings is 1.